The molecule has 0 aliphatic carbocycles. The second-order valence-corrected chi connectivity index (χ2v) is 4.56. The lowest BCUT2D eigenvalue weighted by molar-refractivity contribution is 0.103. The summed E-state index contributed by atoms with van der Waals surface area (Å²) >= 11 is 6.01. The van der Waals surface area contributed by atoms with Gasteiger partial charge in [0.1, 0.15) is 0 Å². The second-order valence-electron chi connectivity index (χ2n) is 4.15. The van der Waals surface area contributed by atoms with Crippen molar-refractivity contribution in [1.82, 2.24) is 0 Å². The molecule has 0 saturated heterocycles. The van der Waals surface area contributed by atoms with Crippen molar-refractivity contribution >= 4 is 17.4 Å². The molecule has 110 valence electrons. The zero-order valence-corrected chi connectivity index (χ0v) is 12.0. The summed E-state index contributed by atoms with van der Waals surface area (Å²) in [6, 6.07) is 5.74. The smallest absolute Gasteiger partial charge is 0.193 e. The average Bonchev–Trinajstić information content (AvgIpc) is 2.48. The molecular formula is C15H11ClF2O3. The Morgan fingerprint density at radius 2 is 1.71 bits per heavy atom. The van der Waals surface area contributed by atoms with Gasteiger partial charge in [0, 0.05) is 11.1 Å². The summed E-state index contributed by atoms with van der Waals surface area (Å²) in [7, 11) is 2.82. The first-order valence-electron chi connectivity index (χ1n) is 5.89. The minimum absolute atomic E-state index is 0.0113. The van der Waals surface area contributed by atoms with Crippen molar-refractivity contribution < 1.29 is 23.0 Å². The van der Waals surface area contributed by atoms with E-state index >= 15 is 0 Å². The molecule has 0 fully saturated rings. The van der Waals surface area contributed by atoms with Crippen molar-refractivity contribution in [3.05, 3.63) is 58.1 Å². The normalized spacial score (nSPS) is 10.3. The zero-order chi connectivity index (χ0) is 15.6. The van der Waals surface area contributed by atoms with Gasteiger partial charge >= 0.3 is 0 Å². The van der Waals surface area contributed by atoms with Gasteiger partial charge < -0.3 is 9.47 Å². The van der Waals surface area contributed by atoms with Gasteiger partial charge in [-0.05, 0) is 30.3 Å². The SMILES string of the molecule is COc1cc(C(=O)c2ccc(F)c(F)c2)cc(Cl)c1OC. The minimum Gasteiger partial charge on any atom is -0.493 e. The Hall–Kier alpha value is -2.14. The van der Waals surface area contributed by atoms with Crippen molar-refractivity contribution in [3.8, 4) is 11.5 Å². The maximum Gasteiger partial charge on any atom is 0.193 e. The van der Waals surface area contributed by atoms with E-state index in [9.17, 15) is 13.6 Å². The third-order valence-electron chi connectivity index (χ3n) is 2.88. The van der Waals surface area contributed by atoms with Crippen LogP contribution in [0.4, 0.5) is 8.78 Å². The molecule has 0 spiro atoms. The molecule has 0 N–H and O–H groups in total. The van der Waals surface area contributed by atoms with Gasteiger partial charge in [0.05, 0.1) is 19.2 Å². The maximum absolute atomic E-state index is 13.2. The fraction of sp³-hybridized carbons (Fsp3) is 0.133. The van der Waals surface area contributed by atoms with Gasteiger partial charge in [0.2, 0.25) is 0 Å². The van der Waals surface area contributed by atoms with Crippen LogP contribution in [0, 0.1) is 11.6 Å². The molecule has 2 aromatic carbocycles. The largest absolute Gasteiger partial charge is 0.493 e. The number of benzene rings is 2. The molecule has 0 amide bonds. The van der Waals surface area contributed by atoms with Crippen LogP contribution in [0.3, 0.4) is 0 Å². The summed E-state index contributed by atoms with van der Waals surface area (Å²) in [6.07, 6.45) is 0. The molecule has 0 saturated carbocycles. The first kappa shape index (κ1) is 15.3. The first-order valence-corrected chi connectivity index (χ1v) is 6.27. The first-order chi connectivity index (χ1) is 9.97. The Bertz CT molecular complexity index is 702. The van der Waals surface area contributed by atoms with Crippen LogP contribution < -0.4 is 9.47 Å². The third kappa shape index (κ3) is 2.97. The Kier molecular flexibility index (Phi) is 4.43. The van der Waals surface area contributed by atoms with Crippen LogP contribution in [-0.4, -0.2) is 20.0 Å². The number of ether oxygens (including phenoxy) is 2. The zero-order valence-electron chi connectivity index (χ0n) is 11.2. The standard InChI is InChI=1S/C15H11ClF2O3/c1-20-13-7-9(5-10(16)15(13)21-2)14(19)8-3-4-11(17)12(18)6-8/h3-7H,1-2H3. The Morgan fingerprint density at radius 1 is 1.00 bits per heavy atom. The second kappa shape index (κ2) is 6.10. The fourth-order valence-electron chi connectivity index (χ4n) is 1.85. The van der Waals surface area contributed by atoms with Gasteiger partial charge in [-0.25, -0.2) is 8.78 Å². The quantitative estimate of drug-likeness (QED) is 0.804. The summed E-state index contributed by atoms with van der Waals surface area (Å²) in [4.78, 5) is 12.3. The van der Waals surface area contributed by atoms with Crippen LogP contribution in [0.15, 0.2) is 30.3 Å². The minimum atomic E-state index is -1.09. The molecule has 2 rings (SSSR count). The molecule has 0 atom stereocenters. The van der Waals surface area contributed by atoms with Crippen molar-refractivity contribution in [3.63, 3.8) is 0 Å². The van der Waals surface area contributed by atoms with Gasteiger partial charge in [-0.1, -0.05) is 11.6 Å². The highest BCUT2D eigenvalue weighted by Crippen LogP contribution is 2.36. The van der Waals surface area contributed by atoms with E-state index in [1.54, 1.807) is 0 Å². The Labute approximate surface area is 125 Å². The van der Waals surface area contributed by atoms with E-state index in [2.05, 4.69) is 0 Å². The molecule has 3 nitrogen and oxygen atoms in total. The average molecular weight is 313 g/mol. The van der Waals surface area contributed by atoms with Gasteiger partial charge in [0.15, 0.2) is 28.9 Å². The van der Waals surface area contributed by atoms with Gasteiger partial charge in [0.25, 0.3) is 0 Å². The molecule has 0 aliphatic heterocycles. The molecular weight excluding hydrogens is 302 g/mol. The van der Waals surface area contributed by atoms with E-state index in [-0.39, 0.29) is 21.9 Å². The number of halogens is 3. The van der Waals surface area contributed by atoms with Crippen LogP contribution >= 0.6 is 11.6 Å². The molecule has 2 aromatic rings. The molecule has 0 aromatic heterocycles. The summed E-state index contributed by atoms with van der Waals surface area (Å²) < 4.78 is 36.3. The molecule has 0 unspecified atom stereocenters. The van der Waals surface area contributed by atoms with E-state index < -0.39 is 17.4 Å². The topological polar surface area (TPSA) is 35.5 Å². The van der Waals surface area contributed by atoms with E-state index in [1.165, 1.54) is 32.4 Å². The van der Waals surface area contributed by atoms with Crippen LogP contribution in [0.1, 0.15) is 15.9 Å². The highest BCUT2D eigenvalue weighted by molar-refractivity contribution is 6.33. The lowest BCUT2D eigenvalue weighted by Crippen LogP contribution is -2.04. The highest BCUT2D eigenvalue weighted by Gasteiger charge is 2.17. The number of hydrogen-bond acceptors (Lipinski definition) is 3. The molecule has 6 heteroatoms. The van der Waals surface area contributed by atoms with Gasteiger partial charge in [-0.3, -0.25) is 4.79 Å². The molecule has 0 bridgehead atoms. The summed E-state index contributed by atoms with van der Waals surface area (Å²) in [5.74, 6) is -2.04. The Morgan fingerprint density at radius 3 is 2.29 bits per heavy atom. The summed E-state index contributed by atoms with van der Waals surface area (Å²) in [5, 5.41) is 0.183. The summed E-state index contributed by atoms with van der Waals surface area (Å²) in [6.45, 7) is 0. The monoisotopic (exact) mass is 312 g/mol. The highest BCUT2D eigenvalue weighted by atomic mass is 35.5. The lowest BCUT2D eigenvalue weighted by atomic mass is 10.0. The van der Waals surface area contributed by atoms with E-state index in [0.29, 0.717) is 5.75 Å². The molecule has 0 radical (unpaired) electrons. The van der Waals surface area contributed by atoms with Gasteiger partial charge in [-0.15, -0.1) is 0 Å². The van der Waals surface area contributed by atoms with E-state index in [0.717, 1.165) is 12.1 Å². The molecule has 21 heavy (non-hydrogen) atoms. The molecule has 0 aliphatic rings. The number of carbonyl (C=O) groups is 1. The van der Waals surface area contributed by atoms with Crippen molar-refractivity contribution in [2.75, 3.05) is 14.2 Å². The lowest BCUT2D eigenvalue weighted by Gasteiger charge is -2.11. The number of carbonyl (C=O) groups excluding carboxylic acids is 1. The van der Waals surface area contributed by atoms with E-state index in [4.69, 9.17) is 21.1 Å². The number of hydrogen-bond donors (Lipinski definition) is 0. The molecule has 0 heterocycles. The van der Waals surface area contributed by atoms with Gasteiger partial charge in [-0.2, -0.15) is 0 Å². The van der Waals surface area contributed by atoms with Crippen molar-refractivity contribution in [2.24, 2.45) is 0 Å². The van der Waals surface area contributed by atoms with Crippen molar-refractivity contribution in [2.45, 2.75) is 0 Å². The van der Waals surface area contributed by atoms with Crippen LogP contribution in [-0.2, 0) is 0 Å². The Balaban J connectivity index is 2.48. The van der Waals surface area contributed by atoms with Crippen molar-refractivity contribution in [1.29, 1.82) is 0 Å². The predicted molar refractivity (Wildman–Crippen MR) is 74.3 cm³/mol. The van der Waals surface area contributed by atoms with E-state index in [1.807, 2.05) is 0 Å². The third-order valence-corrected chi connectivity index (χ3v) is 3.16. The maximum atomic E-state index is 13.2. The van der Waals surface area contributed by atoms with Crippen LogP contribution in [0.5, 0.6) is 11.5 Å². The predicted octanol–water partition coefficient (Wildman–Crippen LogP) is 3.87. The fourth-order valence-corrected chi connectivity index (χ4v) is 2.14. The van der Waals surface area contributed by atoms with Crippen LogP contribution in [0.25, 0.3) is 0 Å². The van der Waals surface area contributed by atoms with Crippen LogP contribution in [0.2, 0.25) is 5.02 Å². The number of methoxy groups -OCH3 is 2. The number of ketones is 1. The summed E-state index contributed by atoms with van der Waals surface area (Å²) in [5.41, 5.74) is 0.195. The number of rotatable bonds is 4.